The van der Waals surface area contributed by atoms with E-state index in [4.69, 9.17) is 9.47 Å². The van der Waals surface area contributed by atoms with Gasteiger partial charge in [0.15, 0.2) is 11.5 Å². The Balaban J connectivity index is 0.000000515. The Kier molecular flexibility index (Phi) is 13.0. The highest BCUT2D eigenvalue weighted by Crippen LogP contribution is 2.36. The van der Waals surface area contributed by atoms with Crippen LogP contribution in [0.4, 0.5) is 0 Å². The second kappa shape index (κ2) is 17.2. The molecule has 1 aromatic heterocycles. The van der Waals surface area contributed by atoms with Crippen LogP contribution in [-0.2, 0) is 13.0 Å². The molecule has 8 heteroatoms. The summed E-state index contributed by atoms with van der Waals surface area (Å²) in [6, 6.07) is 22.8. The van der Waals surface area contributed by atoms with Crippen molar-refractivity contribution in [2.75, 3.05) is 20.7 Å². The lowest BCUT2D eigenvalue weighted by molar-refractivity contribution is 0.283. The van der Waals surface area contributed by atoms with Gasteiger partial charge in [0.1, 0.15) is 25.6 Å². The lowest BCUT2D eigenvalue weighted by atomic mass is 9.93. The van der Waals surface area contributed by atoms with Gasteiger partial charge in [0.05, 0.1) is 18.8 Å². The zero-order valence-corrected chi connectivity index (χ0v) is 24.6. The lowest BCUT2D eigenvalue weighted by Crippen LogP contribution is -2.28. The van der Waals surface area contributed by atoms with Gasteiger partial charge in [0.2, 0.25) is 0 Å². The molecule has 1 N–H and O–H groups in total. The summed E-state index contributed by atoms with van der Waals surface area (Å²) in [5, 5.41) is 7.77. The van der Waals surface area contributed by atoms with Gasteiger partial charge in [-0.25, -0.2) is 9.67 Å². The molecule has 8 nitrogen and oxygen atoms in total. The Hall–Kier alpha value is -4.56. The van der Waals surface area contributed by atoms with Crippen LogP contribution >= 0.6 is 0 Å². The van der Waals surface area contributed by atoms with Crippen LogP contribution in [0.1, 0.15) is 49.1 Å². The van der Waals surface area contributed by atoms with Crippen molar-refractivity contribution in [3.8, 4) is 17.2 Å². The van der Waals surface area contributed by atoms with E-state index in [0.29, 0.717) is 6.61 Å². The molecule has 1 atom stereocenters. The van der Waals surface area contributed by atoms with Crippen LogP contribution in [-0.4, -0.2) is 48.0 Å². The fourth-order valence-corrected chi connectivity index (χ4v) is 4.20. The first kappa shape index (κ1) is 31.0. The van der Waals surface area contributed by atoms with E-state index in [1.54, 1.807) is 31.4 Å². The number of nitrogens with one attached hydrogen (secondary N) is 1. The smallest absolute Gasteiger partial charge is 0.161 e. The van der Waals surface area contributed by atoms with Crippen LogP contribution in [0.2, 0.25) is 0 Å². The number of benzene rings is 3. The second-order valence-electron chi connectivity index (χ2n) is 8.73. The van der Waals surface area contributed by atoms with Crippen molar-refractivity contribution in [2.45, 2.75) is 39.8 Å². The molecule has 0 aliphatic carbocycles. The van der Waals surface area contributed by atoms with Crippen LogP contribution in [0.25, 0.3) is 11.8 Å². The van der Waals surface area contributed by atoms with E-state index in [1.807, 2.05) is 51.1 Å². The minimum atomic E-state index is 0.112. The monoisotopic (exact) mass is 552 g/mol. The van der Waals surface area contributed by atoms with Crippen molar-refractivity contribution < 1.29 is 9.47 Å². The normalized spacial score (nSPS) is 14.2. The third-order valence-electron chi connectivity index (χ3n) is 6.15. The highest BCUT2D eigenvalue weighted by molar-refractivity contribution is 5.70. The number of nitrogens with zero attached hydrogens (tertiary/aromatic N) is 5. The average Bonchev–Trinajstić information content (AvgIpc) is 3.58. The minimum absolute atomic E-state index is 0.112. The Labute approximate surface area is 243 Å². The molecular weight excluding hydrogens is 512 g/mol. The van der Waals surface area contributed by atoms with Gasteiger partial charge in [-0.15, -0.1) is 0 Å². The molecule has 0 spiro atoms. The molecule has 1 unspecified atom stereocenters. The van der Waals surface area contributed by atoms with Crippen molar-refractivity contribution in [2.24, 2.45) is 9.98 Å². The highest BCUT2D eigenvalue weighted by atomic mass is 16.5. The Morgan fingerprint density at radius 2 is 1.83 bits per heavy atom. The van der Waals surface area contributed by atoms with Crippen molar-refractivity contribution in [3.63, 3.8) is 0 Å². The van der Waals surface area contributed by atoms with Gasteiger partial charge in [-0.05, 0) is 59.9 Å². The molecule has 3 aromatic carbocycles. The van der Waals surface area contributed by atoms with E-state index in [0.717, 1.165) is 41.3 Å². The first-order valence-corrected chi connectivity index (χ1v) is 13.8. The predicted molar refractivity (Wildman–Crippen MR) is 169 cm³/mol. The zero-order chi connectivity index (χ0) is 29.3. The summed E-state index contributed by atoms with van der Waals surface area (Å²) in [5.74, 6) is 1.54. The van der Waals surface area contributed by atoms with E-state index < -0.39 is 0 Å². The van der Waals surface area contributed by atoms with Gasteiger partial charge in [-0.2, -0.15) is 5.10 Å². The number of aliphatic imine (C=N–C) groups is 2. The van der Waals surface area contributed by atoms with Crippen molar-refractivity contribution in [3.05, 3.63) is 108 Å². The molecule has 214 valence electrons. The summed E-state index contributed by atoms with van der Waals surface area (Å²) in [7, 11) is 3.38. The molecule has 0 fully saturated rings. The number of hydrogen-bond acceptors (Lipinski definition) is 6. The molecule has 0 bridgehead atoms. The van der Waals surface area contributed by atoms with Gasteiger partial charge in [0, 0.05) is 19.8 Å². The first-order chi connectivity index (χ1) is 20.2. The molecule has 4 aromatic rings. The molecule has 1 aliphatic heterocycles. The molecule has 2 heterocycles. The third-order valence-corrected chi connectivity index (χ3v) is 6.15. The van der Waals surface area contributed by atoms with Crippen LogP contribution in [0.15, 0.2) is 95.4 Å². The van der Waals surface area contributed by atoms with Crippen molar-refractivity contribution in [1.29, 1.82) is 0 Å². The standard InChI is InChI=1S/C27H26N4O2.C4H8N2.C2H6/c1-32-26-16-24-22(15-27(26)33-17-21-5-3-2-4-6-21)13-14-29-25(24)12-9-20-7-10-23(11-8-20)31-19-28-18-30-31;1-3-6-4-5-2;1-2/h2-12,15-16,18-19,25,29H,13-14,17H2,1H3;3-4H,1-2H3;1-2H3/b12-9+;;. The maximum atomic E-state index is 6.11. The summed E-state index contributed by atoms with van der Waals surface area (Å²) in [5.41, 5.74) is 5.75. The summed E-state index contributed by atoms with van der Waals surface area (Å²) in [4.78, 5) is 11.3. The molecule has 0 saturated carbocycles. The lowest BCUT2D eigenvalue weighted by Gasteiger charge is -2.26. The van der Waals surface area contributed by atoms with E-state index in [1.165, 1.54) is 23.8 Å². The summed E-state index contributed by atoms with van der Waals surface area (Å²) in [6.07, 6.45) is 11.7. The molecule has 0 radical (unpaired) electrons. The fourth-order valence-electron chi connectivity index (χ4n) is 4.20. The topological polar surface area (TPSA) is 85.9 Å². The molecule has 0 amide bonds. The van der Waals surface area contributed by atoms with Crippen LogP contribution in [0, 0.1) is 0 Å². The molecule has 41 heavy (non-hydrogen) atoms. The van der Waals surface area contributed by atoms with Gasteiger partial charge >= 0.3 is 0 Å². The molecule has 0 saturated heterocycles. The largest absolute Gasteiger partial charge is 0.493 e. The number of fused-ring (bicyclic) bond motifs is 1. The van der Waals surface area contributed by atoms with Gasteiger partial charge in [-0.3, -0.25) is 9.98 Å². The Morgan fingerprint density at radius 1 is 1.05 bits per heavy atom. The summed E-state index contributed by atoms with van der Waals surface area (Å²) >= 11 is 0. The number of hydrogen-bond donors (Lipinski definition) is 1. The quantitative estimate of drug-likeness (QED) is 0.199. The minimum Gasteiger partial charge on any atom is -0.493 e. The number of aromatic nitrogens is 3. The van der Waals surface area contributed by atoms with Gasteiger partial charge in [-0.1, -0.05) is 68.5 Å². The van der Waals surface area contributed by atoms with E-state index >= 15 is 0 Å². The van der Waals surface area contributed by atoms with Crippen molar-refractivity contribution in [1.82, 2.24) is 20.1 Å². The third kappa shape index (κ3) is 9.25. The first-order valence-electron chi connectivity index (χ1n) is 13.8. The Bertz CT molecular complexity index is 1370. The maximum Gasteiger partial charge on any atom is 0.161 e. The Morgan fingerprint density at radius 3 is 2.46 bits per heavy atom. The number of ether oxygens (including phenoxy) is 2. The SMILES string of the molecule is CC.CC=NC=NC.COc1cc2c(cc1OCc1ccccc1)CCNC2/C=C/c1ccc(-n2cncn2)cc1. The summed E-state index contributed by atoms with van der Waals surface area (Å²) in [6.45, 7) is 7.28. The molecule has 5 rings (SSSR count). The molecule has 1 aliphatic rings. The highest BCUT2D eigenvalue weighted by Gasteiger charge is 2.21. The van der Waals surface area contributed by atoms with Crippen LogP contribution in [0.5, 0.6) is 11.5 Å². The fraction of sp³-hybridized carbons (Fsp3) is 0.273. The number of methoxy groups -OCH3 is 1. The number of rotatable bonds is 8. The predicted octanol–water partition coefficient (Wildman–Crippen LogP) is 6.52. The van der Waals surface area contributed by atoms with Crippen molar-refractivity contribution >= 4 is 18.6 Å². The maximum absolute atomic E-state index is 6.11. The van der Waals surface area contributed by atoms with Gasteiger partial charge < -0.3 is 14.8 Å². The molecular formula is C33H40N6O2. The van der Waals surface area contributed by atoms with Crippen LogP contribution < -0.4 is 14.8 Å². The summed E-state index contributed by atoms with van der Waals surface area (Å²) < 4.78 is 13.5. The zero-order valence-electron chi connectivity index (χ0n) is 24.6. The van der Waals surface area contributed by atoms with Gasteiger partial charge in [0.25, 0.3) is 0 Å². The van der Waals surface area contributed by atoms with E-state index in [2.05, 4.69) is 73.9 Å². The average molecular weight is 553 g/mol. The van der Waals surface area contributed by atoms with Crippen LogP contribution in [0.3, 0.4) is 0 Å². The van der Waals surface area contributed by atoms with E-state index in [9.17, 15) is 0 Å². The van der Waals surface area contributed by atoms with E-state index in [-0.39, 0.29) is 6.04 Å². The second-order valence-corrected chi connectivity index (χ2v) is 8.73.